The molecule has 0 saturated heterocycles. The first-order valence-electron chi connectivity index (χ1n) is 2.00. The van der Waals surface area contributed by atoms with E-state index in [0.717, 1.165) is 11.5 Å². The van der Waals surface area contributed by atoms with Gasteiger partial charge in [0.1, 0.15) is 0 Å². The molecule has 1 rings (SSSR count). The molecule has 0 spiro atoms. The van der Waals surface area contributed by atoms with Crippen LogP contribution < -0.4 is 11.4 Å². The van der Waals surface area contributed by atoms with Gasteiger partial charge in [-0.2, -0.15) is 4.98 Å². The van der Waals surface area contributed by atoms with Crippen LogP contribution >= 0.6 is 11.5 Å². The van der Waals surface area contributed by atoms with E-state index in [1.54, 1.807) is 7.05 Å². The molecular formula is C3H5N3OS. The number of nitrogens with two attached hydrogens (primary N) is 1. The van der Waals surface area contributed by atoms with Crippen LogP contribution in [-0.4, -0.2) is 8.94 Å². The lowest BCUT2D eigenvalue weighted by atomic mass is 11.1. The fourth-order valence-electron chi connectivity index (χ4n) is 0.364. The smallest absolute Gasteiger partial charge is 0.359 e. The van der Waals surface area contributed by atoms with Crippen molar-refractivity contribution in [2.75, 3.05) is 5.73 Å². The summed E-state index contributed by atoms with van der Waals surface area (Å²) in [6, 6.07) is 0. The summed E-state index contributed by atoms with van der Waals surface area (Å²) in [7, 11) is 1.62. The van der Waals surface area contributed by atoms with E-state index < -0.39 is 0 Å². The molecule has 4 nitrogen and oxygen atoms in total. The van der Waals surface area contributed by atoms with Crippen molar-refractivity contribution in [3.63, 3.8) is 0 Å². The molecule has 0 amide bonds. The van der Waals surface area contributed by atoms with Crippen molar-refractivity contribution in [2.24, 2.45) is 7.05 Å². The molecule has 0 unspecified atom stereocenters. The Morgan fingerprint density at radius 1 is 1.88 bits per heavy atom. The second-order valence-electron chi connectivity index (χ2n) is 1.32. The highest BCUT2D eigenvalue weighted by molar-refractivity contribution is 7.09. The molecule has 1 heterocycles. The predicted molar refractivity (Wildman–Crippen MR) is 31.8 cm³/mol. The van der Waals surface area contributed by atoms with E-state index in [9.17, 15) is 4.79 Å². The largest absolute Gasteiger partial charge is 0.374 e. The van der Waals surface area contributed by atoms with Gasteiger partial charge in [-0.1, -0.05) is 0 Å². The van der Waals surface area contributed by atoms with Crippen LogP contribution in [0.5, 0.6) is 0 Å². The second-order valence-corrected chi connectivity index (χ2v) is 2.47. The minimum absolute atomic E-state index is 0.285. The molecule has 0 fully saturated rings. The fourth-order valence-corrected chi connectivity index (χ4v) is 0.883. The second kappa shape index (κ2) is 1.59. The van der Waals surface area contributed by atoms with Crippen molar-refractivity contribution in [1.82, 2.24) is 8.94 Å². The van der Waals surface area contributed by atoms with Crippen LogP contribution in [0.2, 0.25) is 0 Å². The van der Waals surface area contributed by atoms with Crippen molar-refractivity contribution in [3.8, 4) is 0 Å². The van der Waals surface area contributed by atoms with Gasteiger partial charge >= 0.3 is 5.69 Å². The maximum absolute atomic E-state index is 10.4. The molecular weight excluding hydrogens is 126 g/mol. The van der Waals surface area contributed by atoms with Crippen LogP contribution in [0.3, 0.4) is 0 Å². The standard InChI is InChI=1S/C3H5N3OS/c1-6-3(7)5-2(4)8-6/h1H3,(H2,4,5,7). The van der Waals surface area contributed by atoms with Crippen molar-refractivity contribution < 1.29 is 0 Å². The molecule has 0 atom stereocenters. The van der Waals surface area contributed by atoms with Crippen LogP contribution in [-0.2, 0) is 7.05 Å². The summed E-state index contributed by atoms with van der Waals surface area (Å²) in [5.74, 6) is 0. The van der Waals surface area contributed by atoms with E-state index in [1.807, 2.05) is 0 Å². The van der Waals surface area contributed by atoms with Gasteiger partial charge in [-0.25, -0.2) is 8.75 Å². The van der Waals surface area contributed by atoms with Crippen LogP contribution in [0.25, 0.3) is 0 Å². The summed E-state index contributed by atoms with van der Waals surface area (Å²) in [4.78, 5) is 13.8. The average molecular weight is 131 g/mol. The van der Waals surface area contributed by atoms with Crippen molar-refractivity contribution >= 4 is 16.7 Å². The Labute approximate surface area is 49.7 Å². The Kier molecular flexibility index (Phi) is 1.05. The van der Waals surface area contributed by atoms with E-state index in [0.29, 0.717) is 5.13 Å². The highest BCUT2D eigenvalue weighted by atomic mass is 32.1. The number of anilines is 1. The predicted octanol–water partition coefficient (Wildman–Crippen LogP) is -0.576. The number of aromatic nitrogens is 2. The molecule has 0 aromatic carbocycles. The van der Waals surface area contributed by atoms with Crippen LogP contribution in [0.4, 0.5) is 5.13 Å². The van der Waals surface area contributed by atoms with E-state index >= 15 is 0 Å². The Balaban J connectivity index is 3.35. The third-order valence-corrected chi connectivity index (χ3v) is 1.41. The first kappa shape index (κ1) is 5.30. The zero-order chi connectivity index (χ0) is 6.15. The number of nitrogen functional groups attached to an aromatic ring is 1. The van der Waals surface area contributed by atoms with Gasteiger partial charge in [-0.15, -0.1) is 0 Å². The maximum atomic E-state index is 10.4. The first-order valence-corrected chi connectivity index (χ1v) is 2.77. The Morgan fingerprint density at radius 3 is 2.62 bits per heavy atom. The molecule has 0 radical (unpaired) electrons. The number of aryl methyl sites for hydroxylation is 1. The molecule has 44 valence electrons. The summed E-state index contributed by atoms with van der Waals surface area (Å²) >= 11 is 1.14. The monoisotopic (exact) mass is 131 g/mol. The van der Waals surface area contributed by atoms with E-state index in [-0.39, 0.29) is 5.69 Å². The SMILES string of the molecule is Cn1sc(N)nc1=O. The van der Waals surface area contributed by atoms with Gasteiger partial charge in [-0.3, -0.25) is 0 Å². The Bertz CT molecular complexity index is 237. The average Bonchev–Trinajstić information content (AvgIpc) is 1.85. The highest BCUT2D eigenvalue weighted by Crippen LogP contribution is 1.97. The molecule has 0 aliphatic heterocycles. The third kappa shape index (κ3) is 0.717. The lowest BCUT2D eigenvalue weighted by Gasteiger charge is -1.75. The molecule has 0 saturated carbocycles. The lowest BCUT2D eigenvalue weighted by molar-refractivity contribution is 0.933. The van der Waals surface area contributed by atoms with E-state index in [2.05, 4.69) is 4.98 Å². The van der Waals surface area contributed by atoms with Crippen molar-refractivity contribution in [2.45, 2.75) is 0 Å². The molecule has 1 aromatic heterocycles. The van der Waals surface area contributed by atoms with Crippen molar-refractivity contribution in [3.05, 3.63) is 10.5 Å². The highest BCUT2D eigenvalue weighted by Gasteiger charge is 1.94. The first-order chi connectivity index (χ1) is 3.70. The maximum Gasteiger partial charge on any atom is 0.359 e. The summed E-state index contributed by atoms with van der Waals surface area (Å²) in [6.07, 6.45) is 0. The molecule has 1 aromatic rings. The molecule has 8 heavy (non-hydrogen) atoms. The summed E-state index contributed by atoms with van der Waals surface area (Å²) in [5.41, 5.74) is 4.88. The van der Waals surface area contributed by atoms with Gasteiger partial charge in [0, 0.05) is 7.05 Å². The van der Waals surface area contributed by atoms with Gasteiger partial charge in [0.15, 0.2) is 0 Å². The third-order valence-electron chi connectivity index (χ3n) is 0.706. The zero-order valence-corrected chi connectivity index (χ0v) is 5.10. The Hall–Kier alpha value is -0.840. The quantitative estimate of drug-likeness (QED) is 0.512. The van der Waals surface area contributed by atoms with E-state index in [4.69, 9.17) is 5.73 Å². The number of rotatable bonds is 0. The molecule has 0 aliphatic carbocycles. The normalized spacial score (nSPS) is 9.62. The number of nitrogens with zero attached hydrogens (tertiary/aromatic N) is 2. The van der Waals surface area contributed by atoms with Gasteiger partial charge in [-0.05, 0) is 11.5 Å². The number of hydrogen-bond acceptors (Lipinski definition) is 4. The van der Waals surface area contributed by atoms with Gasteiger partial charge in [0.05, 0.1) is 0 Å². The van der Waals surface area contributed by atoms with Crippen LogP contribution in [0.1, 0.15) is 0 Å². The van der Waals surface area contributed by atoms with Gasteiger partial charge in [0.25, 0.3) is 0 Å². The van der Waals surface area contributed by atoms with Gasteiger partial charge < -0.3 is 5.73 Å². The molecule has 5 heteroatoms. The summed E-state index contributed by atoms with van der Waals surface area (Å²) in [6.45, 7) is 0. The lowest BCUT2D eigenvalue weighted by Crippen LogP contribution is -2.10. The van der Waals surface area contributed by atoms with Crippen LogP contribution in [0.15, 0.2) is 4.79 Å². The summed E-state index contributed by atoms with van der Waals surface area (Å²) < 4.78 is 1.37. The summed E-state index contributed by atoms with van der Waals surface area (Å²) in [5, 5.41) is 0.317. The molecule has 2 N–H and O–H groups in total. The minimum atomic E-state index is -0.285. The van der Waals surface area contributed by atoms with E-state index in [1.165, 1.54) is 3.96 Å². The fraction of sp³-hybridized carbons (Fsp3) is 0.333. The molecule has 0 aliphatic rings. The molecule has 0 bridgehead atoms. The number of hydrogen-bond donors (Lipinski definition) is 1. The van der Waals surface area contributed by atoms with Gasteiger partial charge in [0.2, 0.25) is 5.13 Å². The minimum Gasteiger partial charge on any atom is -0.374 e. The zero-order valence-electron chi connectivity index (χ0n) is 4.29. The topological polar surface area (TPSA) is 60.9 Å². The Morgan fingerprint density at radius 2 is 2.50 bits per heavy atom. The van der Waals surface area contributed by atoms with Crippen LogP contribution in [0, 0.1) is 0 Å². The van der Waals surface area contributed by atoms with Crippen molar-refractivity contribution in [1.29, 1.82) is 0 Å².